The molecule has 572 valence electrons. The van der Waals surface area contributed by atoms with Crippen molar-refractivity contribution >= 4 is 17.9 Å². The quantitative estimate of drug-likeness (QED) is 0.0278. The van der Waals surface area contributed by atoms with Gasteiger partial charge >= 0.3 is 17.9 Å². The van der Waals surface area contributed by atoms with Gasteiger partial charge in [0.2, 0.25) is 0 Å². The molecule has 0 aliphatic heterocycles. The summed E-state index contributed by atoms with van der Waals surface area (Å²) in [5, 5.41) is 9.79. The first-order chi connectivity index (χ1) is 47.1. The highest BCUT2D eigenvalue weighted by atomic mass is 16.7. The number of carbonyl (C=O) groups is 3. The highest BCUT2D eigenvalue weighted by Crippen LogP contribution is 2.22. The molecule has 0 radical (unpaired) electrons. The van der Waals surface area contributed by atoms with Gasteiger partial charge in [-0.2, -0.15) is 0 Å². The fourth-order valence-corrected chi connectivity index (χ4v) is 14.0. The molecule has 96 heavy (non-hydrogen) atoms. The van der Waals surface area contributed by atoms with Gasteiger partial charge in [0.25, 0.3) is 6.29 Å². The Labute approximate surface area is 600 Å². The molecule has 0 aromatic carbocycles. The van der Waals surface area contributed by atoms with Crippen LogP contribution in [0.5, 0.6) is 0 Å². The molecule has 9 heteroatoms. The molecular formula is C87H172NO8+. The topological polar surface area (TPSA) is 108 Å². The fourth-order valence-electron chi connectivity index (χ4n) is 14.0. The van der Waals surface area contributed by atoms with E-state index in [0.717, 1.165) is 38.5 Å². The van der Waals surface area contributed by atoms with Gasteiger partial charge in [-0.25, -0.2) is 4.79 Å². The van der Waals surface area contributed by atoms with E-state index in [1.54, 1.807) is 0 Å². The Bertz CT molecular complexity index is 1530. The summed E-state index contributed by atoms with van der Waals surface area (Å²) in [5.41, 5.74) is 0. The van der Waals surface area contributed by atoms with Gasteiger partial charge in [-0.05, 0) is 12.8 Å². The van der Waals surface area contributed by atoms with Crippen molar-refractivity contribution in [2.24, 2.45) is 0 Å². The third kappa shape index (κ3) is 79.6. The second-order valence-corrected chi connectivity index (χ2v) is 31.6. The van der Waals surface area contributed by atoms with Gasteiger partial charge in [0, 0.05) is 12.8 Å². The maximum absolute atomic E-state index is 13.0. The minimum Gasteiger partial charge on any atom is -0.477 e. The first kappa shape index (κ1) is 94.3. The van der Waals surface area contributed by atoms with Crippen molar-refractivity contribution in [2.45, 2.75) is 495 Å². The molecule has 0 aromatic rings. The van der Waals surface area contributed by atoms with E-state index in [1.165, 1.54) is 417 Å². The zero-order valence-corrected chi connectivity index (χ0v) is 65.9. The van der Waals surface area contributed by atoms with Gasteiger partial charge in [-0.15, -0.1) is 0 Å². The largest absolute Gasteiger partial charge is 0.477 e. The standard InChI is InChI=1S/C87H171NO8/c1-6-8-10-12-14-16-18-20-22-24-26-28-30-32-34-36-38-40-42-43-44-46-48-50-52-54-56-58-60-62-64-66-68-70-72-74-76-78-85(90)96-83(82-95-87(86(91)92)93-80-79-88(3,4)5)81-94-84(89)77-75-73-71-69-67-65-63-61-59-57-55-53-51-49-47-45-41-39-37-35-33-31-29-27-25-23-21-19-17-15-13-11-9-7-2/h83,87H,6-82H2,1-5H3/p+1. The minimum atomic E-state index is -1.51. The molecule has 0 aromatic heterocycles. The van der Waals surface area contributed by atoms with Crippen LogP contribution in [0.1, 0.15) is 483 Å². The van der Waals surface area contributed by atoms with Gasteiger partial charge in [0.05, 0.1) is 34.4 Å². The number of hydrogen-bond acceptors (Lipinski definition) is 7. The van der Waals surface area contributed by atoms with E-state index in [-0.39, 0.29) is 38.2 Å². The maximum atomic E-state index is 13.0. The van der Waals surface area contributed by atoms with E-state index < -0.39 is 18.4 Å². The number of quaternary nitrogens is 1. The van der Waals surface area contributed by atoms with Crippen LogP contribution in [0.2, 0.25) is 0 Å². The van der Waals surface area contributed by atoms with Crippen LogP contribution in [0.25, 0.3) is 0 Å². The number of carboxylic acid groups (broad SMARTS) is 1. The summed E-state index contributed by atoms with van der Waals surface area (Å²) in [6.07, 6.45) is 95.9. The van der Waals surface area contributed by atoms with E-state index in [9.17, 15) is 19.5 Å². The molecule has 0 saturated carbocycles. The molecule has 0 aliphatic carbocycles. The van der Waals surface area contributed by atoms with Crippen molar-refractivity contribution in [1.29, 1.82) is 0 Å². The number of rotatable bonds is 84. The molecule has 0 spiro atoms. The van der Waals surface area contributed by atoms with Gasteiger partial charge in [0.1, 0.15) is 13.2 Å². The lowest BCUT2D eigenvalue weighted by molar-refractivity contribution is -0.870. The first-order valence-corrected chi connectivity index (χ1v) is 43.7. The Morgan fingerprint density at radius 1 is 0.271 bits per heavy atom. The van der Waals surface area contributed by atoms with E-state index in [4.69, 9.17) is 18.9 Å². The van der Waals surface area contributed by atoms with E-state index in [2.05, 4.69) is 13.8 Å². The van der Waals surface area contributed by atoms with Crippen molar-refractivity contribution in [1.82, 2.24) is 0 Å². The number of carboxylic acids is 1. The third-order valence-electron chi connectivity index (χ3n) is 20.6. The fraction of sp³-hybridized carbons (Fsp3) is 0.966. The second-order valence-electron chi connectivity index (χ2n) is 31.6. The molecule has 0 saturated heterocycles. The number of nitrogens with zero attached hydrogens (tertiary/aromatic N) is 1. The average molecular weight is 1360 g/mol. The first-order valence-electron chi connectivity index (χ1n) is 43.7. The number of likely N-dealkylation sites (N-methyl/N-ethyl adjacent to an activating group) is 1. The van der Waals surface area contributed by atoms with Crippen molar-refractivity contribution in [2.75, 3.05) is 47.5 Å². The number of ether oxygens (including phenoxy) is 4. The molecule has 0 aliphatic rings. The van der Waals surface area contributed by atoms with Crippen LogP contribution in [0, 0.1) is 0 Å². The molecule has 0 amide bonds. The van der Waals surface area contributed by atoms with Crippen LogP contribution in [0.3, 0.4) is 0 Å². The number of aliphatic carboxylic acids is 1. The maximum Gasteiger partial charge on any atom is 0.361 e. The van der Waals surface area contributed by atoms with Crippen molar-refractivity contribution in [3.8, 4) is 0 Å². The Balaban J connectivity index is 3.89. The molecule has 2 unspecified atom stereocenters. The summed E-state index contributed by atoms with van der Waals surface area (Å²) in [6.45, 7) is 4.99. The van der Waals surface area contributed by atoms with Gasteiger partial charge in [-0.3, -0.25) is 9.59 Å². The Hall–Kier alpha value is -1.71. The van der Waals surface area contributed by atoms with Crippen molar-refractivity contribution in [3.63, 3.8) is 0 Å². The number of hydrogen-bond donors (Lipinski definition) is 1. The minimum absolute atomic E-state index is 0.171. The summed E-state index contributed by atoms with van der Waals surface area (Å²) in [7, 11) is 6.01. The number of carbonyl (C=O) groups excluding carboxylic acids is 2. The third-order valence-corrected chi connectivity index (χ3v) is 20.6. The van der Waals surface area contributed by atoms with E-state index in [0.29, 0.717) is 17.4 Å². The lowest BCUT2D eigenvalue weighted by Gasteiger charge is -2.25. The summed E-state index contributed by atoms with van der Waals surface area (Å²) in [5.74, 6) is -1.96. The highest BCUT2D eigenvalue weighted by molar-refractivity contribution is 5.71. The lowest BCUT2D eigenvalue weighted by atomic mass is 10.0. The normalized spacial score (nSPS) is 12.5. The van der Waals surface area contributed by atoms with Crippen LogP contribution in [0.4, 0.5) is 0 Å². The van der Waals surface area contributed by atoms with Crippen LogP contribution < -0.4 is 0 Å². The Morgan fingerprint density at radius 2 is 0.469 bits per heavy atom. The summed E-state index contributed by atoms with van der Waals surface area (Å²) in [4.78, 5) is 37.8. The van der Waals surface area contributed by atoms with Crippen molar-refractivity contribution < 1.29 is 42.9 Å². The highest BCUT2D eigenvalue weighted by Gasteiger charge is 2.25. The average Bonchev–Trinajstić information content (AvgIpc) is 2.74. The lowest BCUT2D eigenvalue weighted by Crippen LogP contribution is -2.40. The summed E-state index contributed by atoms with van der Waals surface area (Å²) >= 11 is 0. The molecule has 1 N–H and O–H groups in total. The second kappa shape index (κ2) is 79.0. The Morgan fingerprint density at radius 3 is 0.667 bits per heavy atom. The van der Waals surface area contributed by atoms with Gasteiger partial charge in [0.15, 0.2) is 6.10 Å². The summed E-state index contributed by atoms with van der Waals surface area (Å²) in [6, 6.07) is 0. The molecule has 9 nitrogen and oxygen atoms in total. The predicted molar refractivity (Wildman–Crippen MR) is 415 cm³/mol. The van der Waals surface area contributed by atoms with Crippen LogP contribution >= 0.6 is 0 Å². The SMILES string of the molecule is CCCCCCCCCCCCCCCCCCCCCCCCCCCCCCCCCCCCCCCC(=O)OC(COC(=O)CCCCCCCCCCCCCCCCCCCCCCCCCCCCCCCCCCCC)COC(OCC[N+](C)(C)C)C(=O)O. The molecular weight excluding hydrogens is 1190 g/mol. The van der Waals surface area contributed by atoms with Crippen molar-refractivity contribution in [3.05, 3.63) is 0 Å². The number of unbranched alkanes of at least 4 members (excludes halogenated alkanes) is 69. The van der Waals surface area contributed by atoms with E-state index in [1.807, 2.05) is 21.1 Å². The van der Waals surface area contributed by atoms with Crippen LogP contribution in [0.15, 0.2) is 0 Å². The van der Waals surface area contributed by atoms with Gasteiger partial charge in [-0.1, -0.05) is 457 Å². The molecule has 2 atom stereocenters. The van der Waals surface area contributed by atoms with Crippen LogP contribution in [-0.4, -0.2) is 87.4 Å². The van der Waals surface area contributed by atoms with Gasteiger partial charge < -0.3 is 28.5 Å². The van der Waals surface area contributed by atoms with Crippen LogP contribution in [-0.2, 0) is 33.3 Å². The zero-order chi connectivity index (χ0) is 69.7. The zero-order valence-electron chi connectivity index (χ0n) is 65.9. The molecule has 0 rings (SSSR count). The Kier molecular flexibility index (Phi) is 77.6. The monoisotopic (exact) mass is 1360 g/mol. The molecule has 0 bridgehead atoms. The number of esters is 2. The summed E-state index contributed by atoms with van der Waals surface area (Å²) < 4.78 is 23.1. The molecule has 0 heterocycles. The smallest absolute Gasteiger partial charge is 0.361 e. The van der Waals surface area contributed by atoms with E-state index >= 15 is 0 Å². The molecule has 0 fully saturated rings. The predicted octanol–water partition coefficient (Wildman–Crippen LogP) is 28.1.